The minimum Gasteiger partial charge on any atom is -0.493 e. The topological polar surface area (TPSA) is 82.5 Å². The molecule has 0 spiro atoms. The number of fused-ring (bicyclic) bond motifs is 1. The molecule has 4 rings (SSSR count). The lowest BCUT2D eigenvalue weighted by Crippen LogP contribution is -2.34. The Balaban J connectivity index is 1.42. The van der Waals surface area contributed by atoms with E-state index >= 15 is 0 Å². The van der Waals surface area contributed by atoms with Gasteiger partial charge in [0.2, 0.25) is 5.91 Å². The van der Waals surface area contributed by atoms with Crippen molar-refractivity contribution in [1.82, 2.24) is 14.9 Å². The van der Waals surface area contributed by atoms with Crippen molar-refractivity contribution < 1.29 is 14.3 Å². The second kappa shape index (κ2) is 12.8. The molecule has 0 saturated carbocycles. The van der Waals surface area contributed by atoms with Crippen molar-refractivity contribution in [1.29, 1.82) is 0 Å². The van der Waals surface area contributed by atoms with Crippen LogP contribution in [0, 0.1) is 0 Å². The number of nitrogens with one attached hydrogen (secondary N) is 1. The number of aromatic nitrogens is 2. The number of methoxy groups -OCH3 is 2. The Morgan fingerprint density at radius 2 is 1.84 bits per heavy atom. The predicted molar refractivity (Wildman–Crippen MR) is 150 cm³/mol. The van der Waals surface area contributed by atoms with Gasteiger partial charge in [0, 0.05) is 12.6 Å². The van der Waals surface area contributed by atoms with Gasteiger partial charge >= 0.3 is 0 Å². The van der Waals surface area contributed by atoms with Gasteiger partial charge in [-0.2, -0.15) is 0 Å². The summed E-state index contributed by atoms with van der Waals surface area (Å²) >= 11 is 2.68. The number of thioether (sulfide) groups is 1. The van der Waals surface area contributed by atoms with E-state index < -0.39 is 0 Å². The number of rotatable bonds is 12. The molecule has 1 unspecified atom stereocenters. The van der Waals surface area contributed by atoms with E-state index in [0.29, 0.717) is 39.8 Å². The van der Waals surface area contributed by atoms with Gasteiger partial charge in [-0.1, -0.05) is 48.2 Å². The van der Waals surface area contributed by atoms with Crippen LogP contribution in [0.2, 0.25) is 0 Å². The number of aryl methyl sites for hydroxylation is 2. The zero-order valence-corrected chi connectivity index (χ0v) is 22.9. The molecule has 0 fully saturated rings. The molecule has 0 bridgehead atoms. The van der Waals surface area contributed by atoms with Crippen molar-refractivity contribution in [3.8, 4) is 11.5 Å². The molecule has 4 aromatic rings. The molecule has 37 heavy (non-hydrogen) atoms. The fraction of sp³-hybridized carbons (Fsp3) is 0.321. The molecule has 0 saturated heterocycles. The average Bonchev–Trinajstić information content (AvgIpc) is 3.39. The Kier molecular flexibility index (Phi) is 9.24. The molecule has 7 nitrogen and oxygen atoms in total. The number of hydrogen-bond acceptors (Lipinski definition) is 7. The molecule has 0 aliphatic carbocycles. The first-order valence-corrected chi connectivity index (χ1v) is 14.0. The fourth-order valence-electron chi connectivity index (χ4n) is 4.05. The normalized spacial score (nSPS) is 11.9. The van der Waals surface area contributed by atoms with E-state index in [4.69, 9.17) is 14.5 Å². The van der Waals surface area contributed by atoms with E-state index in [9.17, 15) is 9.59 Å². The number of carbonyl (C=O) groups excluding carboxylic acids is 1. The lowest BCUT2D eigenvalue weighted by Gasteiger charge is -2.15. The van der Waals surface area contributed by atoms with Gasteiger partial charge in [-0.25, -0.2) is 4.98 Å². The second-order valence-electron chi connectivity index (χ2n) is 8.71. The number of nitrogens with zero attached hydrogens (tertiary/aromatic N) is 2. The van der Waals surface area contributed by atoms with Crippen LogP contribution in [0.25, 0.3) is 10.2 Å². The molecule has 9 heteroatoms. The summed E-state index contributed by atoms with van der Waals surface area (Å²) in [5.74, 6) is 1.42. The first-order valence-electron chi connectivity index (χ1n) is 12.1. The van der Waals surface area contributed by atoms with Crippen LogP contribution < -0.4 is 20.3 Å². The highest BCUT2D eigenvalue weighted by Crippen LogP contribution is 2.28. The molecule has 1 amide bonds. The zero-order chi connectivity index (χ0) is 26.2. The number of benzene rings is 2. The minimum atomic E-state index is -0.0837. The maximum Gasteiger partial charge on any atom is 0.272 e. The monoisotopic (exact) mass is 537 g/mol. The van der Waals surface area contributed by atoms with Crippen molar-refractivity contribution in [2.24, 2.45) is 0 Å². The molecule has 2 aromatic carbocycles. The van der Waals surface area contributed by atoms with Crippen LogP contribution in [0.3, 0.4) is 0 Å². The lowest BCUT2D eigenvalue weighted by molar-refractivity contribution is -0.119. The van der Waals surface area contributed by atoms with Crippen LogP contribution in [-0.4, -0.2) is 41.5 Å². The minimum absolute atomic E-state index is 0.0489. The smallest absolute Gasteiger partial charge is 0.272 e. The SMILES string of the molecule is COc1ccc(CCn2c(SCC(=O)NC(C)CCc3ccccc3)nc3ccsc3c2=O)cc1OC. The summed E-state index contributed by atoms with van der Waals surface area (Å²) in [6, 6.07) is 17.9. The second-order valence-corrected chi connectivity index (χ2v) is 10.6. The molecule has 2 heterocycles. The van der Waals surface area contributed by atoms with Gasteiger partial charge in [0.25, 0.3) is 5.56 Å². The number of amides is 1. The van der Waals surface area contributed by atoms with E-state index in [1.165, 1.54) is 28.7 Å². The van der Waals surface area contributed by atoms with E-state index in [1.54, 1.807) is 18.8 Å². The first-order chi connectivity index (χ1) is 18.0. The Bertz CT molecular complexity index is 1400. The molecular formula is C28H31N3O4S2. The third kappa shape index (κ3) is 6.93. The average molecular weight is 538 g/mol. The van der Waals surface area contributed by atoms with E-state index in [2.05, 4.69) is 17.4 Å². The third-order valence-corrected chi connectivity index (χ3v) is 7.92. The van der Waals surface area contributed by atoms with Gasteiger partial charge in [-0.05, 0) is 60.9 Å². The van der Waals surface area contributed by atoms with Crippen molar-refractivity contribution in [2.45, 2.75) is 43.9 Å². The molecular weight excluding hydrogens is 506 g/mol. The standard InChI is InChI=1S/C28H31N3O4S2/c1-19(9-10-20-7-5-4-6-8-20)29-25(32)18-37-28-30-22-14-16-36-26(22)27(33)31(28)15-13-21-11-12-23(34-2)24(17-21)35-3/h4-8,11-12,14,16-17,19H,9-10,13,15,18H2,1-3H3,(H,29,32). The van der Waals surface area contributed by atoms with Gasteiger partial charge in [-0.3, -0.25) is 14.2 Å². The summed E-state index contributed by atoms with van der Waals surface area (Å²) in [4.78, 5) is 30.7. The highest BCUT2D eigenvalue weighted by atomic mass is 32.2. The summed E-state index contributed by atoms with van der Waals surface area (Å²) in [6.45, 7) is 2.45. The highest BCUT2D eigenvalue weighted by Gasteiger charge is 2.16. The van der Waals surface area contributed by atoms with E-state index in [-0.39, 0.29) is 23.3 Å². The van der Waals surface area contributed by atoms with Gasteiger partial charge in [0.15, 0.2) is 16.7 Å². The van der Waals surface area contributed by atoms with Crippen LogP contribution in [-0.2, 0) is 24.2 Å². The number of hydrogen-bond donors (Lipinski definition) is 1. The summed E-state index contributed by atoms with van der Waals surface area (Å²) in [6.07, 6.45) is 2.37. The van der Waals surface area contributed by atoms with Crippen molar-refractivity contribution in [3.63, 3.8) is 0 Å². The van der Waals surface area contributed by atoms with Crippen LogP contribution in [0.1, 0.15) is 24.5 Å². The van der Waals surface area contributed by atoms with Crippen molar-refractivity contribution in [3.05, 3.63) is 81.5 Å². The van der Waals surface area contributed by atoms with Crippen LogP contribution >= 0.6 is 23.1 Å². The summed E-state index contributed by atoms with van der Waals surface area (Å²) in [5.41, 5.74) is 2.85. The molecule has 2 aromatic heterocycles. The molecule has 1 N–H and O–H groups in total. The number of carbonyl (C=O) groups is 1. The van der Waals surface area contributed by atoms with E-state index in [1.807, 2.05) is 54.8 Å². The lowest BCUT2D eigenvalue weighted by atomic mass is 10.1. The number of thiophene rings is 1. The predicted octanol–water partition coefficient (Wildman–Crippen LogP) is 4.95. The Morgan fingerprint density at radius 1 is 1.05 bits per heavy atom. The molecule has 1 atom stereocenters. The summed E-state index contributed by atoms with van der Waals surface area (Å²) in [5, 5.41) is 5.48. The van der Waals surface area contributed by atoms with Crippen LogP contribution in [0.15, 0.2) is 69.9 Å². The number of ether oxygens (including phenoxy) is 2. The van der Waals surface area contributed by atoms with Gasteiger partial charge in [0.1, 0.15) is 4.70 Å². The summed E-state index contributed by atoms with van der Waals surface area (Å²) in [7, 11) is 3.20. The zero-order valence-electron chi connectivity index (χ0n) is 21.2. The molecule has 0 radical (unpaired) electrons. The third-order valence-electron chi connectivity index (χ3n) is 6.05. The Hall–Kier alpha value is -3.30. The van der Waals surface area contributed by atoms with Gasteiger partial charge < -0.3 is 14.8 Å². The largest absolute Gasteiger partial charge is 0.493 e. The maximum absolute atomic E-state index is 13.3. The molecule has 0 aliphatic heterocycles. The summed E-state index contributed by atoms with van der Waals surface area (Å²) < 4.78 is 13.0. The Labute approximate surface area is 224 Å². The van der Waals surface area contributed by atoms with E-state index in [0.717, 1.165) is 18.4 Å². The Morgan fingerprint density at radius 3 is 2.59 bits per heavy atom. The fourth-order valence-corrected chi connectivity index (χ4v) is 5.67. The quantitative estimate of drug-likeness (QED) is 0.203. The molecule has 0 aliphatic rings. The van der Waals surface area contributed by atoms with Crippen molar-refractivity contribution >= 4 is 39.2 Å². The van der Waals surface area contributed by atoms with Gasteiger partial charge in [-0.15, -0.1) is 11.3 Å². The van der Waals surface area contributed by atoms with Gasteiger partial charge in [0.05, 0.1) is 25.5 Å². The maximum atomic E-state index is 13.3. The van der Waals surface area contributed by atoms with Crippen LogP contribution in [0.4, 0.5) is 0 Å². The molecule has 194 valence electrons. The highest BCUT2D eigenvalue weighted by molar-refractivity contribution is 7.99. The first kappa shape index (κ1) is 26.8. The van der Waals surface area contributed by atoms with Crippen LogP contribution in [0.5, 0.6) is 11.5 Å². The van der Waals surface area contributed by atoms with Crippen molar-refractivity contribution in [2.75, 3.05) is 20.0 Å².